The zero-order valence-corrected chi connectivity index (χ0v) is 17.0. The van der Waals surface area contributed by atoms with Gasteiger partial charge in [0, 0.05) is 24.4 Å². The fraction of sp³-hybridized carbons (Fsp3) is 0.421. The van der Waals surface area contributed by atoms with E-state index in [2.05, 4.69) is 0 Å². The molecular weight excluding hydrogens is 383 g/mol. The molecule has 2 rings (SSSR count). The topological polar surface area (TPSA) is 96.6 Å². The summed E-state index contributed by atoms with van der Waals surface area (Å²) in [6, 6.07) is 9.35. The van der Waals surface area contributed by atoms with Crippen molar-refractivity contribution in [3.63, 3.8) is 0 Å². The summed E-state index contributed by atoms with van der Waals surface area (Å²) in [6.45, 7) is 4.36. The average Bonchev–Trinajstić information content (AvgIpc) is 2.67. The van der Waals surface area contributed by atoms with Crippen molar-refractivity contribution in [2.75, 3.05) is 19.4 Å². The number of rotatable bonds is 10. The number of aryl methyl sites for hydroxylation is 1. The van der Waals surface area contributed by atoms with Gasteiger partial charge >= 0.3 is 13.3 Å². The first-order valence-electron chi connectivity index (χ1n) is 9.22. The van der Waals surface area contributed by atoms with Gasteiger partial charge in [-0.3, -0.25) is 14.2 Å². The van der Waals surface area contributed by atoms with E-state index in [4.69, 9.17) is 9.05 Å². The molecule has 0 spiro atoms. The lowest BCUT2D eigenvalue weighted by Crippen LogP contribution is -2.43. The van der Waals surface area contributed by atoms with Gasteiger partial charge in [-0.15, -0.1) is 0 Å². The molecule has 0 atom stereocenters. The Morgan fingerprint density at radius 1 is 1.00 bits per heavy atom. The van der Waals surface area contributed by atoms with Gasteiger partial charge in [0.25, 0.3) is 11.5 Å². The molecule has 0 saturated heterocycles. The molecule has 0 radical (unpaired) electrons. The highest BCUT2D eigenvalue weighted by atomic mass is 31.2. The number of hydrogen-bond acceptors (Lipinski definition) is 6. The van der Waals surface area contributed by atoms with Crippen LogP contribution in [0.2, 0.25) is 0 Å². The zero-order valence-electron chi connectivity index (χ0n) is 16.1. The van der Waals surface area contributed by atoms with Gasteiger partial charge in [0.1, 0.15) is 0 Å². The second kappa shape index (κ2) is 10.3. The van der Waals surface area contributed by atoms with Crippen molar-refractivity contribution in [1.82, 2.24) is 9.13 Å². The summed E-state index contributed by atoms with van der Waals surface area (Å²) < 4.78 is 24.8. The molecule has 0 aliphatic heterocycles. The maximum absolute atomic E-state index is 12.6. The third-order valence-electron chi connectivity index (χ3n) is 4.01. The van der Waals surface area contributed by atoms with Crippen LogP contribution in [0, 0.1) is 0 Å². The van der Waals surface area contributed by atoms with Gasteiger partial charge in [0.2, 0.25) is 0 Å². The molecule has 9 heteroatoms. The van der Waals surface area contributed by atoms with Gasteiger partial charge in [0.05, 0.1) is 19.4 Å². The van der Waals surface area contributed by atoms with Crippen LogP contribution in [-0.4, -0.2) is 34.4 Å². The van der Waals surface area contributed by atoms with E-state index < -0.39 is 24.8 Å². The summed E-state index contributed by atoms with van der Waals surface area (Å²) >= 11 is 0. The van der Waals surface area contributed by atoms with E-state index in [-0.39, 0.29) is 18.3 Å². The molecule has 1 heterocycles. The number of carbonyl (C=O) groups is 1. The van der Waals surface area contributed by atoms with Crippen LogP contribution in [-0.2, 0) is 20.2 Å². The van der Waals surface area contributed by atoms with Gasteiger partial charge < -0.3 is 13.6 Å². The zero-order chi connectivity index (χ0) is 20.6. The molecule has 0 bridgehead atoms. The van der Waals surface area contributed by atoms with Crippen LogP contribution in [0.25, 0.3) is 0 Å². The van der Waals surface area contributed by atoms with Crippen molar-refractivity contribution in [2.45, 2.75) is 33.2 Å². The molecule has 2 aromatic rings. The summed E-state index contributed by atoms with van der Waals surface area (Å²) in [4.78, 5) is 37.2. The summed E-state index contributed by atoms with van der Waals surface area (Å²) in [7, 11) is -3.12. The standard InChI is InChI=1S/C19H25N2O6P/c1-3-26-28(25,27-4-2)15-9-8-13-20-14-12-17(22)21(19(20)24)18(23)16-10-6-5-7-11-16/h5-7,10-12,14H,3-4,8-9,13,15H2,1-2H3. The van der Waals surface area contributed by atoms with Crippen molar-refractivity contribution in [3.05, 3.63) is 69.0 Å². The van der Waals surface area contributed by atoms with Crippen molar-refractivity contribution in [3.8, 4) is 0 Å². The third kappa shape index (κ3) is 5.61. The molecule has 1 aromatic heterocycles. The van der Waals surface area contributed by atoms with Crippen molar-refractivity contribution in [1.29, 1.82) is 0 Å². The Hall–Kier alpha value is -2.28. The lowest BCUT2D eigenvalue weighted by molar-refractivity contribution is 0.0948. The molecule has 0 unspecified atom stereocenters. The first-order chi connectivity index (χ1) is 13.4. The van der Waals surface area contributed by atoms with Crippen molar-refractivity contribution >= 4 is 13.5 Å². The number of hydrogen-bond donors (Lipinski definition) is 0. The predicted octanol–water partition coefficient (Wildman–Crippen LogP) is 2.74. The molecule has 1 aromatic carbocycles. The molecule has 8 nitrogen and oxygen atoms in total. The second-order valence-corrected chi connectivity index (χ2v) is 8.20. The Morgan fingerprint density at radius 3 is 2.25 bits per heavy atom. The normalized spacial score (nSPS) is 11.5. The Morgan fingerprint density at radius 2 is 1.64 bits per heavy atom. The van der Waals surface area contributed by atoms with Crippen LogP contribution in [0.4, 0.5) is 0 Å². The lowest BCUT2D eigenvalue weighted by atomic mass is 10.2. The minimum absolute atomic E-state index is 0.242. The monoisotopic (exact) mass is 408 g/mol. The van der Waals surface area contributed by atoms with Crippen molar-refractivity contribution in [2.24, 2.45) is 0 Å². The Labute approximate surface area is 163 Å². The highest BCUT2D eigenvalue weighted by Gasteiger charge is 2.22. The number of carbonyl (C=O) groups excluding carboxylic acids is 1. The predicted molar refractivity (Wildman–Crippen MR) is 106 cm³/mol. The van der Waals surface area contributed by atoms with E-state index in [1.54, 1.807) is 44.2 Å². The van der Waals surface area contributed by atoms with E-state index >= 15 is 0 Å². The lowest BCUT2D eigenvalue weighted by Gasteiger charge is -2.16. The number of benzene rings is 1. The van der Waals surface area contributed by atoms with Crippen LogP contribution in [0.5, 0.6) is 0 Å². The molecule has 152 valence electrons. The summed E-state index contributed by atoms with van der Waals surface area (Å²) in [5, 5.41) is 0. The van der Waals surface area contributed by atoms with E-state index in [0.29, 0.717) is 30.6 Å². The maximum atomic E-state index is 12.6. The Balaban J connectivity index is 2.10. The van der Waals surface area contributed by atoms with Crippen LogP contribution in [0.3, 0.4) is 0 Å². The quantitative estimate of drug-likeness (QED) is 0.443. The van der Waals surface area contributed by atoms with E-state index in [1.807, 2.05) is 0 Å². The highest BCUT2D eigenvalue weighted by molar-refractivity contribution is 7.53. The Bertz CT molecular complexity index is 941. The largest absolute Gasteiger partial charge is 0.338 e. The van der Waals surface area contributed by atoms with Crippen LogP contribution >= 0.6 is 7.60 Å². The summed E-state index contributed by atoms with van der Waals surface area (Å²) in [5.41, 5.74) is -1.11. The first kappa shape index (κ1) is 22.0. The smallest absolute Gasteiger partial charge is 0.309 e. The molecule has 0 aliphatic rings. The van der Waals surface area contributed by atoms with Gasteiger partial charge in [-0.2, -0.15) is 4.57 Å². The summed E-state index contributed by atoms with van der Waals surface area (Å²) in [5.74, 6) is -0.665. The number of unbranched alkanes of at least 4 members (excludes halogenated alkanes) is 1. The molecule has 0 saturated carbocycles. The molecule has 0 aliphatic carbocycles. The molecule has 28 heavy (non-hydrogen) atoms. The number of aromatic nitrogens is 2. The minimum Gasteiger partial charge on any atom is -0.309 e. The SMILES string of the molecule is CCOP(=O)(CCCCn1ccc(=O)n(C(=O)c2ccccc2)c1=O)OCC. The molecular formula is C19H25N2O6P. The fourth-order valence-corrected chi connectivity index (χ4v) is 4.46. The average molecular weight is 408 g/mol. The Kier molecular flexibility index (Phi) is 8.11. The first-order valence-corrected chi connectivity index (χ1v) is 10.9. The van der Waals surface area contributed by atoms with Gasteiger partial charge in [-0.05, 0) is 38.8 Å². The van der Waals surface area contributed by atoms with E-state index in [0.717, 1.165) is 0 Å². The van der Waals surface area contributed by atoms with Crippen molar-refractivity contribution < 1.29 is 18.4 Å². The summed E-state index contributed by atoms with van der Waals surface area (Å²) in [6.07, 6.45) is 2.63. The fourth-order valence-electron chi connectivity index (χ4n) is 2.73. The van der Waals surface area contributed by atoms with E-state index in [9.17, 15) is 18.9 Å². The van der Waals surface area contributed by atoms with Crippen LogP contribution in [0.15, 0.2) is 52.2 Å². The number of nitrogens with zero attached hydrogens (tertiary/aromatic N) is 2. The maximum Gasteiger partial charge on any atom is 0.338 e. The van der Waals surface area contributed by atoms with E-state index in [1.165, 1.54) is 16.8 Å². The molecule has 0 fully saturated rings. The minimum atomic E-state index is -3.12. The molecule has 0 N–H and O–H groups in total. The molecule has 0 amide bonds. The van der Waals surface area contributed by atoms with Crippen LogP contribution in [0.1, 0.15) is 37.0 Å². The van der Waals surface area contributed by atoms with Gasteiger partial charge in [-0.1, -0.05) is 18.2 Å². The third-order valence-corrected chi connectivity index (χ3v) is 6.18. The van der Waals surface area contributed by atoms with Crippen LogP contribution < -0.4 is 11.2 Å². The second-order valence-electron chi connectivity index (χ2n) is 6.01. The van der Waals surface area contributed by atoms with Gasteiger partial charge in [0.15, 0.2) is 0 Å². The highest BCUT2D eigenvalue weighted by Crippen LogP contribution is 2.48. The van der Waals surface area contributed by atoms with Gasteiger partial charge in [-0.25, -0.2) is 4.79 Å².